The quantitative estimate of drug-likeness (QED) is 0.193. The lowest BCUT2D eigenvalue weighted by atomic mass is 10.1. The van der Waals surface area contributed by atoms with Gasteiger partial charge in [-0.25, -0.2) is 0 Å². The molecule has 0 saturated carbocycles. The average Bonchev–Trinajstić information content (AvgIpc) is 3.47. The van der Waals surface area contributed by atoms with E-state index in [9.17, 15) is 20.2 Å². The van der Waals surface area contributed by atoms with Crippen LogP contribution in [0.5, 0.6) is 0 Å². The predicted octanol–water partition coefficient (Wildman–Crippen LogP) is 5.79. The highest BCUT2D eigenvalue weighted by Gasteiger charge is 2.15. The molecule has 0 bridgehead atoms. The Bertz CT molecular complexity index is 1420. The number of rotatable bonds is 6. The number of nitriles is 1. The van der Waals surface area contributed by atoms with Gasteiger partial charge in [-0.05, 0) is 46.3 Å². The van der Waals surface area contributed by atoms with E-state index in [1.807, 2.05) is 6.07 Å². The molecule has 4 aromatic rings. The Morgan fingerprint density at radius 3 is 2.67 bits per heavy atom. The molecule has 0 aliphatic heterocycles. The van der Waals surface area contributed by atoms with Gasteiger partial charge in [0.2, 0.25) is 5.13 Å². The van der Waals surface area contributed by atoms with Gasteiger partial charge >= 0.3 is 0 Å². The summed E-state index contributed by atoms with van der Waals surface area (Å²) in [7, 11) is 0. The van der Waals surface area contributed by atoms with E-state index < -0.39 is 4.92 Å². The third kappa shape index (κ3) is 5.03. The standard InChI is InChI=1S/C22H12BrN5O4S/c23-18-11-15(28(30)31)6-8-17(18)19-9-7-16(32-19)10-14(12-24)21-26-27-22(33-21)25-20(29)13-4-2-1-3-5-13/h1-11H,(H,25,27,29)/b14-10-. The second kappa shape index (κ2) is 9.56. The van der Waals surface area contributed by atoms with Crippen molar-refractivity contribution in [2.75, 3.05) is 5.32 Å². The first kappa shape index (κ1) is 22.1. The van der Waals surface area contributed by atoms with Gasteiger partial charge in [-0.15, -0.1) is 10.2 Å². The summed E-state index contributed by atoms with van der Waals surface area (Å²) >= 11 is 4.38. The second-order valence-electron chi connectivity index (χ2n) is 6.53. The van der Waals surface area contributed by atoms with Crippen molar-refractivity contribution in [3.63, 3.8) is 0 Å². The first-order chi connectivity index (χ1) is 15.9. The van der Waals surface area contributed by atoms with Crippen molar-refractivity contribution in [3.8, 4) is 17.4 Å². The molecule has 0 radical (unpaired) electrons. The minimum absolute atomic E-state index is 0.0458. The van der Waals surface area contributed by atoms with Crippen LogP contribution in [0.1, 0.15) is 21.1 Å². The number of carbonyl (C=O) groups is 1. The number of furan rings is 1. The number of anilines is 1. The molecule has 11 heteroatoms. The highest BCUT2D eigenvalue weighted by atomic mass is 79.9. The van der Waals surface area contributed by atoms with E-state index in [2.05, 4.69) is 37.5 Å². The normalized spacial score (nSPS) is 11.1. The highest BCUT2D eigenvalue weighted by Crippen LogP contribution is 2.33. The molecule has 1 N–H and O–H groups in total. The van der Waals surface area contributed by atoms with Crippen LogP contribution in [0.3, 0.4) is 0 Å². The maximum Gasteiger partial charge on any atom is 0.270 e. The fourth-order valence-electron chi connectivity index (χ4n) is 2.82. The SMILES string of the molecule is N#C/C(=C/c1ccc(-c2ccc([N+](=O)[O-])cc2Br)o1)c1nnc(NC(=O)c2ccccc2)s1. The van der Waals surface area contributed by atoms with Crippen LogP contribution in [0.2, 0.25) is 0 Å². The monoisotopic (exact) mass is 521 g/mol. The Kier molecular flexibility index (Phi) is 6.39. The van der Waals surface area contributed by atoms with Crippen LogP contribution in [-0.2, 0) is 0 Å². The summed E-state index contributed by atoms with van der Waals surface area (Å²) in [5.74, 6) is 0.524. The zero-order chi connectivity index (χ0) is 23.4. The van der Waals surface area contributed by atoms with E-state index in [0.717, 1.165) is 11.3 Å². The van der Waals surface area contributed by atoms with Crippen LogP contribution >= 0.6 is 27.3 Å². The number of amides is 1. The van der Waals surface area contributed by atoms with Crippen LogP contribution < -0.4 is 5.32 Å². The summed E-state index contributed by atoms with van der Waals surface area (Å²) in [4.78, 5) is 22.7. The van der Waals surface area contributed by atoms with Crippen molar-refractivity contribution in [2.45, 2.75) is 0 Å². The number of non-ortho nitro benzene ring substituents is 1. The lowest BCUT2D eigenvalue weighted by Gasteiger charge is -2.01. The molecule has 4 rings (SSSR count). The molecule has 2 heterocycles. The summed E-state index contributed by atoms with van der Waals surface area (Å²) < 4.78 is 6.30. The summed E-state index contributed by atoms with van der Waals surface area (Å²) in [6.45, 7) is 0. The van der Waals surface area contributed by atoms with Crippen LogP contribution in [0, 0.1) is 21.4 Å². The van der Waals surface area contributed by atoms with Gasteiger partial charge in [-0.3, -0.25) is 20.2 Å². The fourth-order valence-corrected chi connectivity index (χ4v) is 4.08. The van der Waals surface area contributed by atoms with Crippen molar-refractivity contribution >= 4 is 55.6 Å². The molecule has 0 aliphatic rings. The van der Waals surface area contributed by atoms with E-state index >= 15 is 0 Å². The zero-order valence-electron chi connectivity index (χ0n) is 16.6. The molecule has 2 aromatic carbocycles. The Balaban J connectivity index is 1.54. The van der Waals surface area contributed by atoms with Crippen molar-refractivity contribution < 1.29 is 14.1 Å². The molecular weight excluding hydrogens is 510 g/mol. The molecule has 0 aliphatic carbocycles. The first-order valence-electron chi connectivity index (χ1n) is 9.31. The maximum atomic E-state index is 12.3. The van der Waals surface area contributed by atoms with Gasteiger partial charge in [0, 0.05) is 33.8 Å². The Hall–Kier alpha value is -4.14. The van der Waals surface area contributed by atoms with E-state index in [0.29, 0.717) is 32.1 Å². The van der Waals surface area contributed by atoms with E-state index in [1.165, 1.54) is 18.2 Å². The Labute approximate surface area is 199 Å². The smallest absolute Gasteiger partial charge is 0.270 e. The van der Waals surface area contributed by atoms with Gasteiger partial charge in [0.25, 0.3) is 11.6 Å². The maximum absolute atomic E-state index is 12.3. The summed E-state index contributed by atoms with van der Waals surface area (Å²) in [5.41, 5.74) is 1.26. The molecule has 1 amide bonds. The molecular formula is C22H12BrN5O4S. The number of hydrogen-bond donors (Lipinski definition) is 1. The largest absolute Gasteiger partial charge is 0.457 e. The molecule has 0 fully saturated rings. The number of nitrogens with one attached hydrogen (secondary N) is 1. The lowest BCUT2D eigenvalue weighted by Crippen LogP contribution is -2.11. The van der Waals surface area contributed by atoms with Gasteiger partial charge in [0.05, 0.1) is 10.5 Å². The number of hydrogen-bond acceptors (Lipinski definition) is 8. The highest BCUT2D eigenvalue weighted by molar-refractivity contribution is 9.10. The zero-order valence-corrected chi connectivity index (χ0v) is 19.0. The summed E-state index contributed by atoms with van der Waals surface area (Å²) in [6, 6.07) is 18.4. The first-order valence-corrected chi connectivity index (χ1v) is 10.9. The van der Waals surface area contributed by atoms with E-state index in [-0.39, 0.29) is 22.3 Å². The molecule has 33 heavy (non-hydrogen) atoms. The van der Waals surface area contributed by atoms with Crippen molar-refractivity contribution in [3.05, 3.63) is 91.6 Å². The van der Waals surface area contributed by atoms with Gasteiger partial charge < -0.3 is 4.42 Å². The summed E-state index contributed by atoms with van der Waals surface area (Å²) in [5, 5.41) is 31.6. The second-order valence-corrected chi connectivity index (χ2v) is 8.36. The number of nitro groups is 1. The number of nitro benzene ring substituents is 1. The number of allylic oxidation sites excluding steroid dienone is 1. The Morgan fingerprint density at radius 2 is 1.97 bits per heavy atom. The number of nitrogens with zero attached hydrogens (tertiary/aromatic N) is 4. The van der Waals surface area contributed by atoms with Gasteiger partial charge in [-0.1, -0.05) is 29.5 Å². The van der Waals surface area contributed by atoms with Gasteiger partial charge in [-0.2, -0.15) is 5.26 Å². The third-order valence-corrected chi connectivity index (χ3v) is 5.90. The molecule has 9 nitrogen and oxygen atoms in total. The van der Waals surface area contributed by atoms with Crippen LogP contribution in [0.15, 0.2) is 69.6 Å². The molecule has 2 aromatic heterocycles. The Morgan fingerprint density at radius 1 is 1.18 bits per heavy atom. The van der Waals surface area contributed by atoms with Crippen LogP contribution in [-0.4, -0.2) is 21.0 Å². The number of benzene rings is 2. The third-order valence-electron chi connectivity index (χ3n) is 4.37. The number of halogens is 1. The predicted molar refractivity (Wildman–Crippen MR) is 126 cm³/mol. The average molecular weight is 522 g/mol. The topological polar surface area (TPSA) is 135 Å². The fraction of sp³-hybridized carbons (Fsp3) is 0. The molecule has 0 atom stereocenters. The van der Waals surface area contributed by atoms with Gasteiger partial charge in [0.15, 0.2) is 5.01 Å². The van der Waals surface area contributed by atoms with Crippen LogP contribution in [0.25, 0.3) is 23.0 Å². The van der Waals surface area contributed by atoms with Gasteiger partial charge in [0.1, 0.15) is 17.6 Å². The molecule has 0 spiro atoms. The van der Waals surface area contributed by atoms with Crippen molar-refractivity contribution in [1.82, 2.24) is 10.2 Å². The minimum Gasteiger partial charge on any atom is -0.457 e. The van der Waals surface area contributed by atoms with Crippen LogP contribution in [0.4, 0.5) is 10.8 Å². The van der Waals surface area contributed by atoms with E-state index in [1.54, 1.807) is 42.5 Å². The van der Waals surface area contributed by atoms with Crippen molar-refractivity contribution in [1.29, 1.82) is 5.26 Å². The summed E-state index contributed by atoms with van der Waals surface area (Å²) in [6.07, 6.45) is 1.51. The minimum atomic E-state index is -0.483. The molecule has 0 unspecified atom stereocenters. The van der Waals surface area contributed by atoms with E-state index in [4.69, 9.17) is 4.42 Å². The number of carbonyl (C=O) groups excluding carboxylic acids is 1. The number of aromatic nitrogens is 2. The molecule has 0 saturated heterocycles. The van der Waals surface area contributed by atoms with Crippen molar-refractivity contribution in [2.24, 2.45) is 0 Å². The lowest BCUT2D eigenvalue weighted by molar-refractivity contribution is -0.384. The molecule has 162 valence electrons.